The second-order valence-electron chi connectivity index (χ2n) is 7.62. The van der Waals surface area contributed by atoms with Crippen molar-refractivity contribution in [3.8, 4) is 6.07 Å². The lowest BCUT2D eigenvalue weighted by atomic mass is 10.00. The van der Waals surface area contributed by atoms with E-state index in [0.717, 1.165) is 38.1 Å². The molecule has 8 heteroatoms. The number of piperidine rings is 1. The van der Waals surface area contributed by atoms with Crippen LogP contribution >= 0.6 is 0 Å². The molecule has 1 saturated heterocycles. The molecule has 0 spiro atoms. The quantitative estimate of drug-likeness (QED) is 0.588. The van der Waals surface area contributed by atoms with Crippen molar-refractivity contribution in [1.29, 1.82) is 5.26 Å². The van der Waals surface area contributed by atoms with Crippen molar-refractivity contribution in [1.82, 2.24) is 9.97 Å². The SMILES string of the molecule is C[C@H]1CCCN(c2nc3ccccc3nc2[C@H](C#N)S(=O)(=O)c2ccc(F)cc2)C1. The first-order chi connectivity index (χ1) is 14.4. The second kappa shape index (κ2) is 8.00. The van der Waals surface area contributed by atoms with E-state index in [9.17, 15) is 18.1 Å². The van der Waals surface area contributed by atoms with E-state index in [-0.39, 0.29) is 10.6 Å². The van der Waals surface area contributed by atoms with Crippen LogP contribution in [0.1, 0.15) is 30.7 Å². The molecule has 1 aliphatic rings. The van der Waals surface area contributed by atoms with Crippen LogP contribution in [0.25, 0.3) is 11.0 Å². The number of sulfone groups is 1. The van der Waals surface area contributed by atoms with Gasteiger partial charge in [0.05, 0.1) is 22.0 Å². The van der Waals surface area contributed by atoms with Crippen molar-refractivity contribution in [3.05, 3.63) is 60.0 Å². The fourth-order valence-corrected chi connectivity index (χ4v) is 5.21. The molecule has 2 atom stereocenters. The average Bonchev–Trinajstić information content (AvgIpc) is 2.74. The Bertz CT molecular complexity index is 1220. The molecule has 3 aromatic rings. The molecule has 154 valence electrons. The van der Waals surface area contributed by atoms with E-state index >= 15 is 0 Å². The number of hydrogen-bond donors (Lipinski definition) is 0. The molecule has 0 aliphatic carbocycles. The summed E-state index contributed by atoms with van der Waals surface area (Å²) in [6, 6.07) is 13.6. The van der Waals surface area contributed by atoms with E-state index in [1.807, 2.05) is 23.1 Å². The van der Waals surface area contributed by atoms with Crippen LogP contribution in [0.4, 0.5) is 10.2 Å². The van der Waals surface area contributed by atoms with Gasteiger partial charge in [0.15, 0.2) is 11.1 Å². The number of hydrogen-bond acceptors (Lipinski definition) is 6. The van der Waals surface area contributed by atoms with Crippen molar-refractivity contribution in [3.63, 3.8) is 0 Å². The molecule has 0 unspecified atom stereocenters. The van der Waals surface area contributed by atoms with Crippen molar-refractivity contribution in [2.24, 2.45) is 5.92 Å². The van der Waals surface area contributed by atoms with E-state index in [0.29, 0.717) is 22.8 Å². The van der Waals surface area contributed by atoms with Gasteiger partial charge < -0.3 is 4.90 Å². The molecule has 6 nitrogen and oxygen atoms in total. The Kier molecular flexibility index (Phi) is 5.39. The second-order valence-corrected chi connectivity index (χ2v) is 9.66. The lowest BCUT2D eigenvalue weighted by molar-refractivity contribution is 0.443. The van der Waals surface area contributed by atoms with Gasteiger partial charge in [-0.2, -0.15) is 5.26 Å². The van der Waals surface area contributed by atoms with Crippen molar-refractivity contribution < 1.29 is 12.8 Å². The Labute approximate surface area is 174 Å². The summed E-state index contributed by atoms with van der Waals surface area (Å²) in [6.07, 6.45) is 2.04. The molecule has 2 heterocycles. The number of aromatic nitrogens is 2. The van der Waals surface area contributed by atoms with Gasteiger partial charge in [-0.1, -0.05) is 19.1 Å². The summed E-state index contributed by atoms with van der Waals surface area (Å²) in [6.45, 7) is 3.57. The Hall–Kier alpha value is -3.05. The topological polar surface area (TPSA) is 86.9 Å². The van der Waals surface area contributed by atoms with Crippen LogP contribution in [-0.4, -0.2) is 31.5 Å². The Morgan fingerprint density at radius 3 is 2.43 bits per heavy atom. The summed E-state index contributed by atoms with van der Waals surface area (Å²) in [5.41, 5.74) is 1.29. The van der Waals surface area contributed by atoms with Gasteiger partial charge in [-0.25, -0.2) is 22.8 Å². The average molecular weight is 425 g/mol. The molecule has 1 aromatic heterocycles. The molecular formula is C22H21FN4O2S. The van der Waals surface area contributed by atoms with Gasteiger partial charge in [0.25, 0.3) is 0 Å². The normalized spacial score (nSPS) is 18.2. The zero-order chi connectivity index (χ0) is 21.3. The number of halogens is 1. The van der Waals surface area contributed by atoms with Gasteiger partial charge in [-0.05, 0) is 55.2 Å². The van der Waals surface area contributed by atoms with Crippen LogP contribution in [0.2, 0.25) is 0 Å². The summed E-state index contributed by atoms with van der Waals surface area (Å²) in [5.74, 6) is 0.308. The van der Waals surface area contributed by atoms with Crippen molar-refractivity contribution in [2.75, 3.05) is 18.0 Å². The molecule has 30 heavy (non-hydrogen) atoms. The minimum absolute atomic E-state index is 0.120. The first kappa shape index (κ1) is 20.2. The number of rotatable bonds is 4. The number of para-hydroxylation sites is 2. The predicted octanol–water partition coefficient (Wildman–Crippen LogP) is 4.04. The molecule has 0 bridgehead atoms. The predicted molar refractivity (Wildman–Crippen MR) is 112 cm³/mol. The molecule has 4 rings (SSSR count). The summed E-state index contributed by atoms with van der Waals surface area (Å²) in [5, 5.41) is 8.34. The Balaban J connectivity index is 1.89. The summed E-state index contributed by atoms with van der Waals surface area (Å²) in [7, 11) is -4.12. The molecule has 0 amide bonds. The van der Waals surface area contributed by atoms with Gasteiger partial charge in [0, 0.05) is 13.1 Å². The van der Waals surface area contributed by atoms with Crippen LogP contribution in [0, 0.1) is 23.1 Å². The highest BCUT2D eigenvalue weighted by atomic mass is 32.2. The van der Waals surface area contributed by atoms with E-state index in [1.54, 1.807) is 12.1 Å². The monoisotopic (exact) mass is 424 g/mol. The molecule has 1 aliphatic heterocycles. The van der Waals surface area contributed by atoms with Crippen LogP contribution in [0.15, 0.2) is 53.4 Å². The maximum atomic E-state index is 13.3. The van der Waals surface area contributed by atoms with Crippen LogP contribution < -0.4 is 4.90 Å². The number of fused-ring (bicyclic) bond motifs is 1. The number of nitrogens with zero attached hydrogens (tertiary/aromatic N) is 4. The Morgan fingerprint density at radius 2 is 1.80 bits per heavy atom. The lowest BCUT2D eigenvalue weighted by Gasteiger charge is -2.33. The van der Waals surface area contributed by atoms with E-state index in [2.05, 4.69) is 11.9 Å². The fourth-order valence-electron chi connectivity index (χ4n) is 3.83. The highest BCUT2D eigenvalue weighted by Crippen LogP contribution is 2.35. The molecule has 0 N–H and O–H groups in total. The first-order valence-electron chi connectivity index (χ1n) is 9.81. The standard InChI is InChI=1S/C22H21FN4O2S/c1-15-5-4-12-27(14-15)22-21(25-18-6-2-3-7-19(18)26-22)20(13-24)30(28,29)17-10-8-16(23)9-11-17/h2-3,6-11,15,20H,4-5,12,14H2,1H3/t15-,20-/m0/s1. The molecule has 2 aromatic carbocycles. The van der Waals surface area contributed by atoms with E-state index in [1.165, 1.54) is 12.1 Å². The first-order valence-corrected chi connectivity index (χ1v) is 11.4. The zero-order valence-electron chi connectivity index (χ0n) is 16.5. The number of nitriles is 1. The number of anilines is 1. The maximum Gasteiger partial charge on any atom is 0.200 e. The van der Waals surface area contributed by atoms with Gasteiger partial charge >= 0.3 is 0 Å². The van der Waals surface area contributed by atoms with Gasteiger partial charge in [0.1, 0.15) is 11.5 Å². The van der Waals surface area contributed by atoms with Gasteiger partial charge in [-0.3, -0.25) is 0 Å². The minimum Gasteiger partial charge on any atom is -0.355 e. The van der Waals surface area contributed by atoms with Crippen molar-refractivity contribution >= 4 is 26.7 Å². The lowest BCUT2D eigenvalue weighted by Crippen LogP contribution is -2.36. The summed E-state index contributed by atoms with van der Waals surface area (Å²) in [4.78, 5) is 11.2. The highest BCUT2D eigenvalue weighted by molar-refractivity contribution is 7.92. The highest BCUT2D eigenvalue weighted by Gasteiger charge is 2.35. The molecule has 0 saturated carbocycles. The van der Waals surface area contributed by atoms with Gasteiger partial charge in [0.2, 0.25) is 9.84 Å². The fraction of sp³-hybridized carbons (Fsp3) is 0.318. The molecule has 0 radical (unpaired) electrons. The third-order valence-electron chi connectivity index (χ3n) is 5.35. The summed E-state index contributed by atoms with van der Waals surface area (Å²) >= 11 is 0. The van der Waals surface area contributed by atoms with Gasteiger partial charge in [-0.15, -0.1) is 0 Å². The zero-order valence-corrected chi connectivity index (χ0v) is 17.3. The smallest absolute Gasteiger partial charge is 0.200 e. The third-order valence-corrected chi connectivity index (χ3v) is 7.23. The van der Waals surface area contributed by atoms with Crippen LogP contribution in [0.5, 0.6) is 0 Å². The van der Waals surface area contributed by atoms with E-state index < -0.39 is 20.9 Å². The molecule has 1 fully saturated rings. The maximum absolute atomic E-state index is 13.3. The summed E-state index contributed by atoms with van der Waals surface area (Å²) < 4.78 is 39.9. The minimum atomic E-state index is -4.12. The Morgan fingerprint density at radius 1 is 1.13 bits per heavy atom. The van der Waals surface area contributed by atoms with Crippen molar-refractivity contribution in [2.45, 2.75) is 29.9 Å². The molecular weight excluding hydrogens is 403 g/mol. The third kappa shape index (κ3) is 3.73. The number of benzene rings is 2. The van der Waals surface area contributed by atoms with Crippen LogP contribution in [0.3, 0.4) is 0 Å². The van der Waals surface area contributed by atoms with E-state index in [4.69, 9.17) is 4.98 Å². The van der Waals surface area contributed by atoms with Crippen LogP contribution in [-0.2, 0) is 9.84 Å². The largest absolute Gasteiger partial charge is 0.355 e.